The first-order valence-corrected chi connectivity index (χ1v) is 9.98. The van der Waals surface area contributed by atoms with E-state index in [9.17, 15) is 9.59 Å². The lowest BCUT2D eigenvalue weighted by molar-refractivity contribution is -0.120. The number of hydrogen-bond acceptors (Lipinski definition) is 3. The highest BCUT2D eigenvalue weighted by Gasteiger charge is 2.21. The van der Waals surface area contributed by atoms with Gasteiger partial charge in [0.25, 0.3) is 5.56 Å². The molecule has 1 saturated carbocycles. The van der Waals surface area contributed by atoms with Crippen LogP contribution in [0.15, 0.2) is 53.3 Å². The molecule has 5 nitrogen and oxygen atoms in total. The highest BCUT2D eigenvalue weighted by Crippen LogP contribution is 2.25. The number of aryl methyl sites for hydroxylation is 1. The van der Waals surface area contributed by atoms with E-state index in [-0.39, 0.29) is 17.4 Å². The van der Waals surface area contributed by atoms with Crippen molar-refractivity contribution in [1.82, 2.24) is 9.55 Å². The number of aromatic nitrogens is 2. The molecule has 28 heavy (non-hydrogen) atoms. The van der Waals surface area contributed by atoms with Crippen LogP contribution >= 0.6 is 0 Å². The number of nitrogens with one attached hydrogen (secondary N) is 1. The fourth-order valence-corrected chi connectivity index (χ4v) is 3.97. The van der Waals surface area contributed by atoms with Crippen LogP contribution in [0.4, 0.5) is 5.69 Å². The molecule has 1 N–H and O–H groups in total. The molecule has 0 saturated heterocycles. The first-order chi connectivity index (χ1) is 13.6. The standard InChI is InChI=1S/C23H25N3O2/c1-16-24-21-13-12-19(25-22(27)18-10-6-3-7-11-18)14-20(21)23(28)26(16)15-17-8-4-2-5-9-17/h2,4-5,8-9,12-14,18H,3,6-7,10-11,15H2,1H3,(H,25,27). The van der Waals surface area contributed by atoms with E-state index in [1.807, 2.05) is 49.4 Å². The summed E-state index contributed by atoms with van der Waals surface area (Å²) in [5.41, 5.74) is 2.29. The highest BCUT2D eigenvalue weighted by atomic mass is 16.2. The van der Waals surface area contributed by atoms with Crippen molar-refractivity contribution in [3.63, 3.8) is 0 Å². The van der Waals surface area contributed by atoms with Crippen molar-refractivity contribution < 1.29 is 4.79 Å². The predicted molar refractivity (Wildman–Crippen MR) is 111 cm³/mol. The van der Waals surface area contributed by atoms with E-state index in [2.05, 4.69) is 10.3 Å². The van der Waals surface area contributed by atoms with Gasteiger partial charge in [-0.15, -0.1) is 0 Å². The molecule has 1 aliphatic carbocycles. The Hall–Kier alpha value is -2.95. The lowest BCUT2D eigenvalue weighted by Crippen LogP contribution is -2.26. The van der Waals surface area contributed by atoms with Crippen LogP contribution < -0.4 is 10.9 Å². The van der Waals surface area contributed by atoms with Gasteiger partial charge in [-0.05, 0) is 43.5 Å². The van der Waals surface area contributed by atoms with Crippen LogP contribution in [0.25, 0.3) is 10.9 Å². The van der Waals surface area contributed by atoms with E-state index in [0.29, 0.717) is 29.0 Å². The summed E-state index contributed by atoms with van der Waals surface area (Å²) in [7, 11) is 0. The minimum atomic E-state index is -0.0832. The van der Waals surface area contributed by atoms with Crippen LogP contribution in [-0.4, -0.2) is 15.5 Å². The van der Waals surface area contributed by atoms with Crippen molar-refractivity contribution in [1.29, 1.82) is 0 Å². The second-order valence-corrected chi connectivity index (χ2v) is 7.59. The molecule has 1 heterocycles. The van der Waals surface area contributed by atoms with Gasteiger partial charge in [0.05, 0.1) is 17.4 Å². The lowest BCUT2D eigenvalue weighted by atomic mass is 9.88. The number of fused-ring (bicyclic) bond motifs is 1. The Balaban J connectivity index is 1.64. The first-order valence-electron chi connectivity index (χ1n) is 9.98. The number of carbonyl (C=O) groups is 1. The van der Waals surface area contributed by atoms with E-state index in [1.165, 1.54) is 6.42 Å². The van der Waals surface area contributed by atoms with E-state index in [0.717, 1.165) is 31.2 Å². The zero-order chi connectivity index (χ0) is 19.5. The number of benzene rings is 2. The molecule has 1 amide bonds. The molecule has 4 rings (SSSR count). The molecular weight excluding hydrogens is 350 g/mol. The summed E-state index contributed by atoms with van der Waals surface area (Å²) >= 11 is 0. The Kier molecular flexibility index (Phi) is 5.24. The van der Waals surface area contributed by atoms with Crippen molar-refractivity contribution in [2.45, 2.75) is 45.6 Å². The molecule has 0 bridgehead atoms. The average Bonchev–Trinajstić information content (AvgIpc) is 2.73. The Morgan fingerprint density at radius 3 is 2.61 bits per heavy atom. The van der Waals surface area contributed by atoms with Crippen LogP contribution in [-0.2, 0) is 11.3 Å². The van der Waals surface area contributed by atoms with Gasteiger partial charge in [0.15, 0.2) is 0 Å². The maximum atomic E-state index is 13.1. The maximum absolute atomic E-state index is 13.1. The minimum absolute atomic E-state index is 0.0590. The molecule has 2 aromatic carbocycles. The van der Waals surface area contributed by atoms with E-state index >= 15 is 0 Å². The van der Waals surface area contributed by atoms with Gasteiger partial charge in [-0.1, -0.05) is 49.6 Å². The van der Waals surface area contributed by atoms with E-state index < -0.39 is 0 Å². The normalized spacial score (nSPS) is 14.9. The summed E-state index contributed by atoms with van der Waals surface area (Å²) in [6, 6.07) is 15.3. The van der Waals surface area contributed by atoms with E-state index in [1.54, 1.807) is 10.6 Å². The van der Waals surface area contributed by atoms with Gasteiger partial charge in [0.1, 0.15) is 5.82 Å². The highest BCUT2D eigenvalue weighted by molar-refractivity contribution is 5.94. The molecule has 0 unspecified atom stereocenters. The number of carbonyl (C=O) groups excluding carboxylic acids is 1. The van der Waals surface area contributed by atoms with Crippen LogP contribution in [0, 0.1) is 12.8 Å². The monoisotopic (exact) mass is 375 g/mol. The van der Waals surface area contributed by atoms with Crippen molar-refractivity contribution >= 4 is 22.5 Å². The zero-order valence-electron chi connectivity index (χ0n) is 16.1. The van der Waals surface area contributed by atoms with Crippen LogP contribution in [0.3, 0.4) is 0 Å². The molecule has 1 aliphatic rings. The second-order valence-electron chi connectivity index (χ2n) is 7.59. The number of rotatable bonds is 4. The summed E-state index contributed by atoms with van der Waals surface area (Å²) in [6.45, 7) is 2.33. The van der Waals surface area contributed by atoms with Crippen LogP contribution in [0.5, 0.6) is 0 Å². The Morgan fingerprint density at radius 1 is 1.11 bits per heavy atom. The Bertz CT molecular complexity index is 1050. The molecular formula is C23H25N3O2. The molecule has 3 aromatic rings. The average molecular weight is 375 g/mol. The van der Waals surface area contributed by atoms with Crippen LogP contribution in [0.1, 0.15) is 43.5 Å². The molecule has 0 aliphatic heterocycles. The number of nitrogens with zero attached hydrogens (tertiary/aromatic N) is 2. The Morgan fingerprint density at radius 2 is 1.86 bits per heavy atom. The quantitative estimate of drug-likeness (QED) is 0.740. The number of amides is 1. The molecule has 1 fully saturated rings. The second kappa shape index (κ2) is 7.97. The number of anilines is 1. The fraction of sp³-hybridized carbons (Fsp3) is 0.348. The van der Waals surface area contributed by atoms with Crippen molar-refractivity contribution in [3.8, 4) is 0 Å². The van der Waals surface area contributed by atoms with Gasteiger partial charge in [-0.25, -0.2) is 4.98 Å². The molecule has 0 atom stereocenters. The van der Waals surface area contributed by atoms with Gasteiger partial charge in [-0.2, -0.15) is 0 Å². The van der Waals surface area contributed by atoms with Gasteiger partial charge < -0.3 is 5.32 Å². The molecule has 5 heteroatoms. The third-order valence-corrected chi connectivity index (χ3v) is 5.57. The molecule has 0 radical (unpaired) electrons. The van der Waals surface area contributed by atoms with Gasteiger partial charge in [0, 0.05) is 11.6 Å². The van der Waals surface area contributed by atoms with Gasteiger partial charge in [0.2, 0.25) is 5.91 Å². The molecule has 1 aromatic heterocycles. The predicted octanol–water partition coefficient (Wildman–Crippen LogP) is 4.27. The van der Waals surface area contributed by atoms with Crippen LogP contribution in [0.2, 0.25) is 0 Å². The topological polar surface area (TPSA) is 64.0 Å². The fourth-order valence-electron chi connectivity index (χ4n) is 3.97. The SMILES string of the molecule is Cc1nc2ccc(NC(=O)C3CCCCC3)cc2c(=O)n1Cc1ccccc1. The smallest absolute Gasteiger partial charge is 0.261 e. The first kappa shape index (κ1) is 18.4. The summed E-state index contributed by atoms with van der Waals surface area (Å²) in [4.78, 5) is 30.2. The summed E-state index contributed by atoms with van der Waals surface area (Å²) < 4.78 is 1.68. The van der Waals surface area contributed by atoms with Gasteiger partial charge in [-0.3, -0.25) is 14.2 Å². The Labute approximate surface area is 164 Å². The third kappa shape index (κ3) is 3.84. The molecule has 0 spiro atoms. The summed E-state index contributed by atoms with van der Waals surface area (Å²) in [6.07, 6.45) is 5.34. The van der Waals surface area contributed by atoms with Gasteiger partial charge >= 0.3 is 0 Å². The molecule has 144 valence electrons. The van der Waals surface area contributed by atoms with Crippen molar-refractivity contribution in [2.24, 2.45) is 5.92 Å². The summed E-state index contributed by atoms with van der Waals surface area (Å²) in [5, 5.41) is 3.53. The number of hydrogen-bond donors (Lipinski definition) is 1. The minimum Gasteiger partial charge on any atom is -0.326 e. The lowest BCUT2D eigenvalue weighted by Gasteiger charge is -2.20. The summed E-state index contributed by atoms with van der Waals surface area (Å²) in [5.74, 6) is 0.819. The zero-order valence-corrected chi connectivity index (χ0v) is 16.1. The third-order valence-electron chi connectivity index (χ3n) is 5.57. The van der Waals surface area contributed by atoms with E-state index in [4.69, 9.17) is 0 Å². The van der Waals surface area contributed by atoms with Crippen molar-refractivity contribution in [2.75, 3.05) is 5.32 Å². The largest absolute Gasteiger partial charge is 0.326 e. The maximum Gasteiger partial charge on any atom is 0.261 e. The van der Waals surface area contributed by atoms with Crippen molar-refractivity contribution in [3.05, 3.63) is 70.3 Å².